The number of aromatic nitrogens is 4. The van der Waals surface area contributed by atoms with Crippen molar-refractivity contribution in [3.8, 4) is 0 Å². The quantitative estimate of drug-likeness (QED) is 0.547. The van der Waals surface area contributed by atoms with Gasteiger partial charge in [-0.15, -0.1) is 0 Å². The predicted octanol–water partition coefficient (Wildman–Crippen LogP) is 3.87. The van der Waals surface area contributed by atoms with Crippen LogP contribution in [0.15, 0.2) is 24.5 Å². The Morgan fingerprint density at radius 3 is 2.55 bits per heavy atom. The summed E-state index contributed by atoms with van der Waals surface area (Å²) in [5.74, 6) is 1.54. The second kappa shape index (κ2) is 9.65. The van der Waals surface area contributed by atoms with Crippen LogP contribution in [0.4, 0.5) is 17.5 Å². The third-order valence-corrected chi connectivity index (χ3v) is 6.39. The SMILES string of the molecule is COCCCN1CCN(c2nc(Nc3cc(C(C)(C)C)ccc3C)c3c(ncn3C)n2)CC1. The lowest BCUT2D eigenvalue weighted by Crippen LogP contribution is -2.47. The molecule has 8 heteroatoms. The summed E-state index contributed by atoms with van der Waals surface area (Å²) in [5.41, 5.74) is 5.25. The topological polar surface area (TPSA) is 71.3 Å². The number of nitrogens with one attached hydrogen (secondary N) is 1. The molecule has 3 aromatic rings. The van der Waals surface area contributed by atoms with Gasteiger partial charge in [-0.2, -0.15) is 9.97 Å². The molecule has 0 bridgehead atoms. The Hall–Kier alpha value is -2.71. The molecule has 3 heterocycles. The molecule has 0 atom stereocenters. The van der Waals surface area contributed by atoms with E-state index in [0.29, 0.717) is 0 Å². The highest BCUT2D eigenvalue weighted by molar-refractivity contribution is 5.87. The highest BCUT2D eigenvalue weighted by atomic mass is 16.5. The summed E-state index contributed by atoms with van der Waals surface area (Å²) >= 11 is 0. The van der Waals surface area contributed by atoms with Gasteiger partial charge in [-0.1, -0.05) is 32.9 Å². The van der Waals surface area contributed by atoms with E-state index in [2.05, 4.69) is 66.0 Å². The smallest absolute Gasteiger partial charge is 0.229 e. The number of hydrogen-bond acceptors (Lipinski definition) is 7. The van der Waals surface area contributed by atoms with E-state index < -0.39 is 0 Å². The minimum Gasteiger partial charge on any atom is -0.385 e. The van der Waals surface area contributed by atoms with E-state index in [4.69, 9.17) is 14.7 Å². The summed E-state index contributed by atoms with van der Waals surface area (Å²) in [4.78, 5) is 19.1. The molecule has 0 spiro atoms. The van der Waals surface area contributed by atoms with Crippen LogP contribution in [0.1, 0.15) is 38.3 Å². The monoisotopic (exact) mass is 451 g/mol. The largest absolute Gasteiger partial charge is 0.385 e. The van der Waals surface area contributed by atoms with Crippen molar-refractivity contribution in [3.05, 3.63) is 35.7 Å². The van der Waals surface area contributed by atoms with E-state index in [1.165, 1.54) is 11.1 Å². The van der Waals surface area contributed by atoms with Gasteiger partial charge in [-0.25, -0.2) is 4.98 Å². The Labute approximate surface area is 197 Å². The third kappa shape index (κ3) is 5.28. The van der Waals surface area contributed by atoms with Crippen LogP contribution in [0.25, 0.3) is 11.2 Å². The van der Waals surface area contributed by atoms with Crippen molar-refractivity contribution in [1.29, 1.82) is 0 Å². The lowest BCUT2D eigenvalue weighted by molar-refractivity contribution is 0.168. The van der Waals surface area contributed by atoms with E-state index in [9.17, 15) is 0 Å². The molecule has 1 fully saturated rings. The number of fused-ring (bicyclic) bond motifs is 1. The molecule has 0 unspecified atom stereocenters. The number of benzene rings is 1. The summed E-state index contributed by atoms with van der Waals surface area (Å²) < 4.78 is 7.17. The molecule has 0 saturated carbocycles. The Morgan fingerprint density at radius 2 is 1.85 bits per heavy atom. The summed E-state index contributed by atoms with van der Waals surface area (Å²) in [5, 5.41) is 3.61. The van der Waals surface area contributed by atoms with Crippen LogP contribution in [0.3, 0.4) is 0 Å². The number of imidazole rings is 1. The van der Waals surface area contributed by atoms with E-state index in [1.807, 2.05) is 11.6 Å². The van der Waals surface area contributed by atoms with Crippen molar-refractivity contribution in [1.82, 2.24) is 24.4 Å². The number of hydrogen-bond donors (Lipinski definition) is 1. The standard InChI is InChI=1S/C25H37N7O/c1-18-8-9-19(25(2,3)4)16-20(18)27-23-21-22(26-17-30(21)5)28-24(29-23)32-13-11-31(12-14-32)10-7-15-33-6/h8-9,16-17H,7,10-15H2,1-6H3,(H,27,28,29). The molecule has 1 saturated heterocycles. The highest BCUT2D eigenvalue weighted by Crippen LogP contribution is 2.31. The zero-order valence-corrected chi connectivity index (χ0v) is 20.9. The molecule has 1 aromatic carbocycles. The first kappa shape index (κ1) is 23.4. The van der Waals surface area contributed by atoms with Gasteiger partial charge in [0, 0.05) is 59.2 Å². The van der Waals surface area contributed by atoms with E-state index in [-0.39, 0.29) is 5.41 Å². The van der Waals surface area contributed by atoms with Crippen molar-refractivity contribution >= 4 is 28.6 Å². The van der Waals surface area contributed by atoms with Crippen molar-refractivity contribution in [2.45, 2.75) is 39.5 Å². The Bertz CT molecular complexity index is 1090. The van der Waals surface area contributed by atoms with Gasteiger partial charge in [0.2, 0.25) is 5.95 Å². The van der Waals surface area contributed by atoms with E-state index in [1.54, 1.807) is 13.4 Å². The first-order valence-electron chi connectivity index (χ1n) is 11.8. The molecule has 4 rings (SSSR count). The molecule has 33 heavy (non-hydrogen) atoms. The maximum absolute atomic E-state index is 5.19. The number of ether oxygens (including phenoxy) is 1. The molecular formula is C25H37N7O. The second-order valence-corrected chi connectivity index (χ2v) is 9.98. The summed E-state index contributed by atoms with van der Waals surface area (Å²) in [6.07, 6.45) is 2.87. The number of methoxy groups -OCH3 is 1. The van der Waals surface area contributed by atoms with Crippen molar-refractivity contribution < 1.29 is 4.74 Å². The normalized spacial score (nSPS) is 15.4. The Kier molecular flexibility index (Phi) is 6.86. The predicted molar refractivity (Wildman–Crippen MR) is 135 cm³/mol. The Balaban J connectivity index is 1.60. The van der Waals surface area contributed by atoms with Gasteiger partial charge < -0.3 is 19.5 Å². The summed E-state index contributed by atoms with van der Waals surface area (Å²) in [6, 6.07) is 6.62. The van der Waals surface area contributed by atoms with Crippen molar-refractivity contribution in [3.63, 3.8) is 0 Å². The van der Waals surface area contributed by atoms with Crippen LogP contribution in [0.2, 0.25) is 0 Å². The number of nitrogens with zero attached hydrogens (tertiary/aromatic N) is 6. The molecule has 2 aromatic heterocycles. The van der Waals surface area contributed by atoms with Crippen LogP contribution in [-0.4, -0.2) is 70.9 Å². The molecule has 8 nitrogen and oxygen atoms in total. The minimum atomic E-state index is 0.0751. The maximum Gasteiger partial charge on any atom is 0.229 e. The van der Waals surface area contributed by atoms with Crippen molar-refractivity contribution in [2.24, 2.45) is 7.05 Å². The first-order chi connectivity index (χ1) is 15.8. The molecular weight excluding hydrogens is 414 g/mol. The number of rotatable bonds is 7. The van der Waals surface area contributed by atoms with Crippen LogP contribution in [0, 0.1) is 6.92 Å². The van der Waals surface area contributed by atoms with E-state index in [0.717, 1.165) is 74.4 Å². The number of piperazine rings is 1. The summed E-state index contributed by atoms with van der Waals surface area (Å²) in [7, 11) is 3.75. The molecule has 0 aliphatic carbocycles. The maximum atomic E-state index is 5.19. The lowest BCUT2D eigenvalue weighted by atomic mass is 9.86. The molecule has 178 valence electrons. The molecule has 0 radical (unpaired) electrons. The van der Waals surface area contributed by atoms with E-state index >= 15 is 0 Å². The van der Waals surface area contributed by atoms with Crippen molar-refractivity contribution in [2.75, 3.05) is 56.7 Å². The zero-order valence-electron chi connectivity index (χ0n) is 20.9. The van der Waals surface area contributed by atoms with Crippen LogP contribution in [0.5, 0.6) is 0 Å². The average Bonchev–Trinajstić information content (AvgIpc) is 3.16. The second-order valence-electron chi connectivity index (χ2n) is 9.98. The average molecular weight is 452 g/mol. The molecule has 1 aliphatic heterocycles. The molecule has 0 amide bonds. The zero-order chi connectivity index (χ0) is 23.6. The lowest BCUT2D eigenvalue weighted by Gasteiger charge is -2.34. The molecule has 1 aliphatic rings. The van der Waals surface area contributed by atoms with Gasteiger partial charge in [0.05, 0.1) is 6.33 Å². The minimum absolute atomic E-state index is 0.0751. The fraction of sp³-hybridized carbons (Fsp3) is 0.560. The van der Waals surface area contributed by atoms with Crippen LogP contribution in [-0.2, 0) is 17.2 Å². The third-order valence-electron chi connectivity index (χ3n) is 6.39. The highest BCUT2D eigenvalue weighted by Gasteiger charge is 2.22. The van der Waals surface area contributed by atoms with Gasteiger partial charge in [-0.05, 0) is 36.0 Å². The molecule has 1 N–H and O–H groups in total. The fourth-order valence-corrected chi connectivity index (χ4v) is 4.23. The van der Waals surface area contributed by atoms with Crippen LogP contribution < -0.4 is 10.2 Å². The van der Waals surface area contributed by atoms with Crippen LogP contribution >= 0.6 is 0 Å². The van der Waals surface area contributed by atoms with Gasteiger partial charge in [0.25, 0.3) is 0 Å². The fourth-order valence-electron chi connectivity index (χ4n) is 4.23. The summed E-state index contributed by atoms with van der Waals surface area (Å²) in [6.45, 7) is 14.5. The number of aryl methyl sites for hydroxylation is 2. The van der Waals surface area contributed by atoms with Gasteiger partial charge in [0.15, 0.2) is 11.5 Å². The number of anilines is 3. The van der Waals surface area contributed by atoms with Gasteiger partial charge in [0.1, 0.15) is 5.52 Å². The first-order valence-corrected chi connectivity index (χ1v) is 11.8. The van der Waals surface area contributed by atoms with Gasteiger partial charge >= 0.3 is 0 Å². The Morgan fingerprint density at radius 1 is 1.09 bits per heavy atom. The van der Waals surface area contributed by atoms with Gasteiger partial charge in [-0.3, -0.25) is 4.90 Å².